The van der Waals surface area contributed by atoms with Crippen molar-refractivity contribution in [3.8, 4) is 5.75 Å². The molecule has 2 heterocycles. The molecular weight excluding hydrogens is 376 g/mol. The SMILES string of the molecule is CC1CN(C(=O)Nc2cccnn2)CC/C1=C\c1cccc(OCC2CCCC2)c1. The molecule has 1 atom stereocenters. The zero-order chi connectivity index (χ0) is 20.8. The second-order valence-electron chi connectivity index (χ2n) is 8.39. The van der Waals surface area contributed by atoms with Crippen molar-refractivity contribution < 1.29 is 9.53 Å². The number of hydrogen-bond acceptors (Lipinski definition) is 4. The third-order valence-corrected chi connectivity index (χ3v) is 6.06. The minimum Gasteiger partial charge on any atom is -0.493 e. The van der Waals surface area contributed by atoms with Crippen LogP contribution in [0.4, 0.5) is 10.6 Å². The minimum absolute atomic E-state index is 0.122. The van der Waals surface area contributed by atoms with Crippen molar-refractivity contribution in [1.82, 2.24) is 15.1 Å². The summed E-state index contributed by atoms with van der Waals surface area (Å²) in [7, 11) is 0. The Kier molecular flexibility index (Phi) is 6.62. The van der Waals surface area contributed by atoms with Crippen LogP contribution in [-0.4, -0.2) is 40.8 Å². The standard InChI is InChI=1S/C24H30N4O2/c1-18-16-28(24(29)26-23-10-5-12-25-27-23)13-11-21(18)14-20-8-4-9-22(15-20)30-17-19-6-2-3-7-19/h4-5,8-10,12,14-15,18-19H,2-3,6-7,11,13,16-17H2,1H3,(H,26,27,29)/b21-14+. The third kappa shape index (κ3) is 5.38. The van der Waals surface area contributed by atoms with E-state index < -0.39 is 0 Å². The molecule has 4 rings (SSSR count). The van der Waals surface area contributed by atoms with Gasteiger partial charge in [0.25, 0.3) is 0 Å². The minimum atomic E-state index is -0.122. The molecule has 1 aliphatic carbocycles. The maximum atomic E-state index is 12.5. The number of likely N-dealkylation sites (tertiary alicyclic amines) is 1. The first kappa shape index (κ1) is 20.4. The fraction of sp³-hybridized carbons (Fsp3) is 0.458. The molecule has 2 aromatic rings. The van der Waals surface area contributed by atoms with Crippen molar-refractivity contribution in [3.63, 3.8) is 0 Å². The summed E-state index contributed by atoms with van der Waals surface area (Å²) in [5, 5.41) is 10.5. The molecule has 0 spiro atoms. The Morgan fingerprint density at radius 2 is 2.13 bits per heavy atom. The monoisotopic (exact) mass is 406 g/mol. The fourth-order valence-corrected chi connectivity index (χ4v) is 4.30. The maximum Gasteiger partial charge on any atom is 0.323 e. The second kappa shape index (κ2) is 9.74. The molecule has 158 valence electrons. The van der Waals surface area contributed by atoms with Gasteiger partial charge in [0, 0.05) is 19.3 Å². The smallest absolute Gasteiger partial charge is 0.323 e. The van der Waals surface area contributed by atoms with Crippen molar-refractivity contribution in [2.75, 3.05) is 25.0 Å². The summed E-state index contributed by atoms with van der Waals surface area (Å²) >= 11 is 0. The number of benzene rings is 1. The lowest BCUT2D eigenvalue weighted by Crippen LogP contribution is -2.42. The lowest BCUT2D eigenvalue weighted by Gasteiger charge is -2.33. The predicted molar refractivity (Wildman–Crippen MR) is 118 cm³/mol. The Labute approximate surface area is 178 Å². The average molecular weight is 407 g/mol. The van der Waals surface area contributed by atoms with Gasteiger partial charge in [-0.25, -0.2) is 4.79 Å². The van der Waals surface area contributed by atoms with E-state index in [-0.39, 0.29) is 6.03 Å². The first-order valence-electron chi connectivity index (χ1n) is 10.9. The van der Waals surface area contributed by atoms with Crippen LogP contribution in [0, 0.1) is 11.8 Å². The van der Waals surface area contributed by atoms with Crippen LogP contribution in [0.2, 0.25) is 0 Å². The van der Waals surface area contributed by atoms with E-state index in [1.54, 1.807) is 18.3 Å². The molecule has 1 saturated heterocycles. The summed E-state index contributed by atoms with van der Waals surface area (Å²) in [5.74, 6) is 2.44. The molecule has 0 bridgehead atoms. The van der Waals surface area contributed by atoms with Crippen molar-refractivity contribution in [2.45, 2.75) is 39.0 Å². The van der Waals surface area contributed by atoms with Crippen LogP contribution in [0.25, 0.3) is 6.08 Å². The van der Waals surface area contributed by atoms with Gasteiger partial charge in [0.05, 0.1) is 6.61 Å². The maximum absolute atomic E-state index is 12.5. The lowest BCUT2D eigenvalue weighted by molar-refractivity contribution is 0.197. The molecule has 1 N–H and O–H groups in total. The first-order valence-corrected chi connectivity index (χ1v) is 10.9. The second-order valence-corrected chi connectivity index (χ2v) is 8.39. The van der Waals surface area contributed by atoms with E-state index in [4.69, 9.17) is 4.74 Å². The van der Waals surface area contributed by atoms with Gasteiger partial charge in [0.1, 0.15) is 5.75 Å². The van der Waals surface area contributed by atoms with E-state index in [9.17, 15) is 4.79 Å². The summed E-state index contributed by atoms with van der Waals surface area (Å²) in [5.41, 5.74) is 2.53. The summed E-state index contributed by atoms with van der Waals surface area (Å²) in [6.07, 6.45) is 9.97. The van der Waals surface area contributed by atoms with Crippen LogP contribution >= 0.6 is 0 Å². The highest BCUT2D eigenvalue weighted by Gasteiger charge is 2.24. The summed E-state index contributed by atoms with van der Waals surface area (Å²) < 4.78 is 6.05. The van der Waals surface area contributed by atoms with Crippen molar-refractivity contribution >= 4 is 17.9 Å². The first-order chi connectivity index (χ1) is 14.7. The summed E-state index contributed by atoms with van der Waals surface area (Å²) in [4.78, 5) is 14.4. The van der Waals surface area contributed by atoms with Crippen LogP contribution in [0.3, 0.4) is 0 Å². The number of nitrogens with zero attached hydrogens (tertiary/aromatic N) is 3. The Hall–Kier alpha value is -2.89. The van der Waals surface area contributed by atoms with E-state index in [2.05, 4.69) is 46.7 Å². The number of ether oxygens (including phenoxy) is 1. The molecule has 1 aliphatic heterocycles. The lowest BCUT2D eigenvalue weighted by atomic mass is 9.91. The Morgan fingerprint density at radius 1 is 1.27 bits per heavy atom. The van der Waals surface area contributed by atoms with Crippen molar-refractivity contribution in [2.24, 2.45) is 11.8 Å². The number of anilines is 1. The van der Waals surface area contributed by atoms with Gasteiger partial charge in [0.2, 0.25) is 0 Å². The predicted octanol–water partition coefficient (Wildman–Crippen LogP) is 5.00. The van der Waals surface area contributed by atoms with Crippen LogP contribution < -0.4 is 10.1 Å². The number of aromatic nitrogens is 2. The highest BCUT2D eigenvalue weighted by atomic mass is 16.5. The fourth-order valence-electron chi connectivity index (χ4n) is 4.30. The van der Waals surface area contributed by atoms with Gasteiger partial charge >= 0.3 is 6.03 Å². The van der Waals surface area contributed by atoms with Crippen molar-refractivity contribution in [1.29, 1.82) is 0 Å². The molecule has 2 fully saturated rings. The molecular formula is C24H30N4O2. The molecule has 6 heteroatoms. The summed E-state index contributed by atoms with van der Waals surface area (Å²) in [6.45, 7) is 4.39. The Bertz CT molecular complexity index is 878. The van der Waals surface area contributed by atoms with E-state index in [0.29, 0.717) is 30.7 Å². The van der Waals surface area contributed by atoms with Crippen LogP contribution in [-0.2, 0) is 0 Å². The molecule has 2 amide bonds. The van der Waals surface area contributed by atoms with Gasteiger partial charge in [-0.05, 0) is 60.9 Å². The highest BCUT2D eigenvalue weighted by Crippen LogP contribution is 2.28. The number of amides is 2. The largest absolute Gasteiger partial charge is 0.493 e. The molecule has 0 radical (unpaired) electrons. The van der Waals surface area contributed by atoms with Crippen LogP contribution in [0.5, 0.6) is 5.75 Å². The van der Waals surface area contributed by atoms with E-state index in [0.717, 1.165) is 18.8 Å². The van der Waals surface area contributed by atoms with Gasteiger partial charge in [-0.2, -0.15) is 5.10 Å². The average Bonchev–Trinajstić information content (AvgIpc) is 3.28. The van der Waals surface area contributed by atoms with Gasteiger partial charge in [0.15, 0.2) is 5.82 Å². The van der Waals surface area contributed by atoms with Crippen LogP contribution in [0.15, 0.2) is 48.2 Å². The molecule has 6 nitrogen and oxygen atoms in total. The van der Waals surface area contributed by atoms with Crippen LogP contribution in [0.1, 0.15) is 44.6 Å². The highest BCUT2D eigenvalue weighted by molar-refractivity contribution is 5.88. The van der Waals surface area contributed by atoms with E-state index in [1.807, 2.05) is 11.0 Å². The number of rotatable bonds is 5. The van der Waals surface area contributed by atoms with Gasteiger partial charge in [-0.15, -0.1) is 5.10 Å². The number of carbonyl (C=O) groups excluding carboxylic acids is 1. The molecule has 1 saturated carbocycles. The third-order valence-electron chi connectivity index (χ3n) is 6.06. The topological polar surface area (TPSA) is 67.4 Å². The quantitative estimate of drug-likeness (QED) is 0.758. The number of urea groups is 1. The van der Waals surface area contributed by atoms with Gasteiger partial charge in [-0.3, -0.25) is 5.32 Å². The number of piperidine rings is 1. The molecule has 2 aliphatic rings. The number of hydrogen-bond donors (Lipinski definition) is 1. The zero-order valence-electron chi connectivity index (χ0n) is 17.6. The zero-order valence-corrected chi connectivity index (χ0v) is 17.6. The van der Waals surface area contributed by atoms with E-state index >= 15 is 0 Å². The Morgan fingerprint density at radius 3 is 2.90 bits per heavy atom. The number of carbonyl (C=O) groups is 1. The van der Waals surface area contributed by atoms with Crippen molar-refractivity contribution in [3.05, 3.63) is 53.7 Å². The normalized spacial score (nSPS) is 21.0. The summed E-state index contributed by atoms with van der Waals surface area (Å²) in [6, 6.07) is 11.7. The molecule has 30 heavy (non-hydrogen) atoms. The van der Waals surface area contributed by atoms with Gasteiger partial charge < -0.3 is 9.64 Å². The number of nitrogens with one attached hydrogen (secondary N) is 1. The molecule has 1 unspecified atom stereocenters. The molecule has 1 aromatic carbocycles. The van der Waals surface area contributed by atoms with Gasteiger partial charge in [-0.1, -0.05) is 43.5 Å². The molecule has 1 aromatic heterocycles. The van der Waals surface area contributed by atoms with E-state index in [1.165, 1.54) is 36.8 Å². The Balaban J connectivity index is 1.33.